The first-order chi connectivity index (χ1) is 13.7. The number of fused-ring (bicyclic) bond motifs is 5. The number of rotatable bonds is 5. The smallest absolute Gasteiger partial charge is 0.0724 e. The van der Waals surface area contributed by atoms with E-state index < -0.39 is 0 Å². The van der Waals surface area contributed by atoms with Crippen LogP contribution in [0.1, 0.15) is 106 Å². The van der Waals surface area contributed by atoms with Gasteiger partial charge in [-0.1, -0.05) is 66.0 Å². The maximum Gasteiger partial charge on any atom is 0.0724 e. The predicted octanol–water partition coefficient (Wildman–Crippen LogP) is 7.63. The lowest BCUT2D eigenvalue weighted by molar-refractivity contribution is -0.0628. The van der Waals surface area contributed by atoms with Crippen LogP contribution in [0.3, 0.4) is 0 Å². The highest BCUT2D eigenvalue weighted by molar-refractivity contribution is 5.25. The highest BCUT2D eigenvalue weighted by atomic mass is 16.3. The van der Waals surface area contributed by atoms with Crippen LogP contribution in [-0.2, 0) is 0 Å². The van der Waals surface area contributed by atoms with E-state index in [2.05, 4.69) is 47.6 Å². The lowest BCUT2D eigenvalue weighted by Gasteiger charge is -2.59. The van der Waals surface area contributed by atoms with Gasteiger partial charge < -0.3 is 5.11 Å². The minimum absolute atomic E-state index is 0.173. The van der Waals surface area contributed by atoms with Crippen LogP contribution in [-0.4, -0.2) is 11.2 Å². The first-order valence-electron chi connectivity index (χ1n) is 13.1. The van der Waals surface area contributed by atoms with Crippen LogP contribution < -0.4 is 0 Å². The standard InChI is InChI=1S/C28H48O/c1-18(2)19(3)7-8-20(4)24-11-12-25-23-10-9-21-17-22(29)13-15-27(21,5)26(23)14-16-28(24,25)6/h17-20,22-26,29H,7-16H2,1-6H3/t19-,20-,22+,23+,24-,25+,26+,27+,28-/m1/s1. The molecule has 0 aliphatic heterocycles. The third-order valence-electron chi connectivity index (χ3n) is 11.1. The van der Waals surface area contributed by atoms with Crippen LogP contribution in [0.15, 0.2) is 11.6 Å². The molecule has 1 nitrogen and oxygen atoms in total. The average Bonchev–Trinajstić information content (AvgIpc) is 3.03. The lowest BCUT2D eigenvalue weighted by Crippen LogP contribution is -2.51. The number of allylic oxidation sites excluding steroid dienone is 1. The van der Waals surface area contributed by atoms with E-state index in [0.717, 1.165) is 47.8 Å². The molecule has 0 amide bonds. The molecule has 0 spiro atoms. The highest BCUT2D eigenvalue weighted by Gasteiger charge is 2.59. The number of hydrogen-bond donors (Lipinski definition) is 1. The van der Waals surface area contributed by atoms with Crippen molar-refractivity contribution in [2.24, 2.45) is 52.3 Å². The summed E-state index contributed by atoms with van der Waals surface area (Å²) in [7, 11) is 0. The van der Waals surface area contributed by atoms with Gasteiger partial charge >= 0.3 is 0 Å². The van der Waals surface area contributed by atoms with E-state index in [9.17, 15) is 5.11 Å². The van der Waals surface area contributed by atoms with E-state index in [0.29, 0.717) is 10.8 Å². The molecule has 0 unspecified atom stereocenters. The average molecular weight is 401 g/mol. The molecule has 3 fully saturated rings. The normalized spacial score (nSPS) is 46.5. The Morgan fingerprint density at radius 3 is 2.41 bits per heavy atom. The Balaban J connectivity index is 1.48. The minimum Gasteiger partial charge on any atom is -0.389 e. The van der Waals surface area contributed by atoms with Gasteiger partial charge in [0.2, 0.25) is 0 Å². The zero-order valence-electron chi connectivity index (χ0n) is 20.2. The Kier molecular flexibility index (Phi) is 6.04. The summed E-state index contributed by atoms with van der Waals surface area (Å²) in [4.78, 5) is 0. The fourth-order valence-electron chi connectivity index (χ4n) is 8.75. The Bertz CT molecular complexity index is 620. The molecule has 4 aliphatic carbocycles. The van der Waals surface area contributed by atoms with Crippen molar-refractivity contribution in [2.75, 3.05) is 0 Å². The first-order valence-corrected chi connectivity index (χ1v) is 13.1. The van der Waals surface area contributed by atoms with Crippen LogP contribution >= 0.6 is 0 Å². The summed E-state index contributed by atoms with van der Waals surface area (Å²) < 4.78 is 0. The molecule has 0 radical (unpaired) electrons. The molecule has 4 rings (SSSR count). The summed E-state index contributed by atoms with van der Waals surface area (Å²) in [5, 5.41) is 10.2. The summed E-state index contributed by atoms with van der Waals surface area (Å²) in [5.41, 5.74) is 2.60. The Hall–Kier alpha value is -0.300. The van der Waals surface area contributed by atoms with Crippen molar-refractivity contribution in [3.63, 3.8) is 0 Å². The van der Waals surface area contributed by atoms with Gasteiger partial charge in [0.15, 0.2) is 0 Å². The van der Waals surface area contributed by atoms with Gasteiger partial charge in [-0.3, -0.25) is 0 Å². The highest BCUT2D eigenvalue weighted by Crippen LogP contribution is 2.67. The minimum atomic E-state index is -0.173. The van der Waals surface area contributed by atoms with Crippen molar-refractivity contribution in [3.05, 3.63) is 11.6 Å². The monoisotopic (exact) mass is 400 g/mol. The molecule has 9 atom stereocenters. The molecule has 0 saturated heterocycles. The second kappa shape index (κ2) is 7.99. The van der Waals surface area contributed by atoms with E-state index in [1.807, 2.05) is 0 Å². The van der Waals surface area contributed by atoms with Crippen LogP contribution in [0.4, 0.5) is 0 Å². The van der Waals surface area contributed by atoms with Gasteiger partial charge in [0.05, 0.1) is 6.10 Å². The third kappa shape index (κ3) is 3.66. The summed E-state index contributed by atoms with van der Waals surface area (Å²) >= 11 is 0. The summed E-state index contributed by atoms with van der Waals surface area (Å²) in [6, 6.07) is 0. The second-order valence-corrected chi connectivity index (χ2v) is 12.6. The van der Waals surface area contributed by atoms with Crippen LogP contribution in [0.25, 0.3) is 0 Å². The van der Waals surface area contributed by atoms with E-state index >= 15 is 0 Å². The molecule has 0 heterocycles. The van der Waals surface area contributed by atoms with Gasteiger partial charge in [0.1, 0.15) is 0 Å². The Morgan fingerprint density at radius 1 is 0.931 bits per heavy atom. The molecule has 0 bridgehead atoms. The van der Waals surface area contributed by atoms with Crippen LogP contribution in [0.5, 0.6) is 0 Å². The van der Waals surface area contributed by atoms with Crippen LogP contribution in [0, 0.1) is 52.3 Å². The summed E-state index contributed by atoms with van der Waals surface area (Å²) in [5.74, 6) is 6.31. The fourth-order valence-corrected chi connectivity index (χ4v) is 8.75. The maximum atomic E-state index is 10.2. The molecular weight excluding hydrogens is 352 g/mol. The summed E-state index contributed by atoms with van der Waals surface area (Å²) in [6.07, 6.45) is 15.7. The van der Waals surface area contributed by atoms with Crippen molar-refractivity contribution >= 4 is 0 Å². The third-order valence-corrected chi connectivity index (χ3v) is 11.1. The molecule has 3 saturated carbocycles. The fraction of sp³-hybridized carbons (Fsp3) is 0.929. The SMILES string of the molecule is CC(C)[C@H](C)CC[C@@H](C)[C@H]1CC[C@H]2[C@@H]3CCC4=C[C@@H](O)CC[C@]4(C)[C@H]3CC[C@]12C. The molecule has 1 N–H and O–H groups in total. The van der Waals surface area contributed by atoms with Crippen molar-refractivity contribution in [2.45, 2.75) is 112 Å². The molecule has 0 aromatic heterocycles. The van der Waals surface area contributed by atoms with E-state index in [1.165, 1.54) is 57.8 Å². The van der Waals surface area contributed by atoms with Crippen molar-refractivity contribution in [3.8, 4) is 0 Å². The maximum absolute atomic E-state index is 10.2. The topological polar surface area (TPSA) is 20.2 Å². The van der Waals surface area contributed by atoms with Crippen molar-refractivity contribution in [1.29, 1.82) is 0 Å². The largest absolute Gasteiger partial charge is 0.389 e. The van der Waals surface area contributed by atoms with Crippen molar-refractivity contribution < 1.29 is 5.11 Å². The van der Waals surface area contributed by atoms with Crippen molar-refractivity contribution in [1.82, 2.24) is 0 Å². The van der Waals surface area contributed by atoms with E-state index in [4.69, 9.17) is 0 Å². The number of hydrogen-bond acceptors (Lipinski definition) is 1. The number of aliphatic hydroxyl groups excluding tert-OH is 1. The van der Waals surface area contributed by atoms with Gasteiger partial charge in [-0.25, -0.2) is 0 Å². The molecule has 0 aromatic rings. The van der Waals surface area contributed by atoms with E-state index in [1.54, 1.807) is 5.57 Å². The molecule has 0 aromatic carbocycles. The lowest BCUT2D eigenvalue weighted by atomic mass is 9.46. The zero-order valence-corrected chi connectivity index (χ0v) is 20.2. The van der Waals surface area contributed by atoms with Gasteiger partial charge in [-0.15, -0.1) is 0 Å². The molecule has 166 valence electrons. The molecule has 29 heavy (non-hydrogen) atoms. The van der Waals surface area contributed by atoms with Gasteiger partial charge in [0.25, 0.3) is 0 Å². The molecule has 4 aliphatic rings. The zero-order chi connectivity index (χ0) is 21.0. The van der Waals surface area contributed by atoms with Crippen LogP contribution in [0.2, 0.25) is 0 Å². The molecule has 1 heteroatoms. The van der Waals surface area contributed by atoms with E-state index in [-0.39, 0.29) is 6.10 Å². The predicted molar refractivity (Wildman–Crippen MR) is 124 cm³/mol. The number of aliphatic hydroxyl groups is 1. The van der Waals surface area contributed by atoms with Gasteiger partial charge in [-0.05, 0) is 104 Å². The quantitative estimate of drug-likeness (QED) is 0.470. The summed E-state index contributed by atoms with van der Waals surface area (Å²) in [6.45, 7) is 15.1. The Morgan fingerprint density at radius 2 is 1.69 bits per heavy atom. The van der Waals surface area contributed by atoms with Gasteiger partial charge in [-0.2, -0.15) is 0 Å². The Labute approximate surface area is 181 Å². The first kappa shape index (κ1) is 21.9. The van der Waals surface area contributed by atoms with Gasteiger partial charge in [0, 0.05) is 0 Å². The second-order valence-electron chi connectivity index (χ2n) is 12.6. The molecular formula is C28H48O.